The van der Waals surface area contributed by atoms with Crippen molar-refractivity contribution in [3.05, 3.63) is 29.6 Å². The lowest BCUT2D eigenvalue weighted by Crippen LogP contribution is -2.20. The monoisotopic (exact) mass is 260 g/mol. The molecule has 92 valence electrons. The van der Waals surface area contributed by atoms with Crippen molar-refractivity contribution in [2.75, 3.05) is 5.32 Å². The molecule has 2 rings (SSSR count). The minimum absolute atomic E-state index is 0.127. The molecule has 6 N–H and O–H groups in total. The molecule has 0 saturated carbocycles. The number of aliphatic imine (C=N–C) groups is 1. The fraction of sp³-hybridized carbons (Fsp3) is 0. The van der Waals surface area contributed by atoms with Crippen LogP contribution in [0.25, 0.3) is 11.3 Å². The standard InChI is InChI=1S/C11H12N6S/c12-6-15-8-3-1-2-7(4-8)9-5-18-11(16-9)17-10(13)14/h1-6H,(H2,12,15)(H4,13,14,16,17). The summed E-state index contributed by atoms with van der Waals surface area (Å²) < 4.78 is 0. The summed E-state index contributed by atoms with van der Waals surface area (Å²) in [6.07, 6.45) is 1.25. The van der Waals surface area contributed by atoms with Crippen LogP contribution < -0.4 is 16.8 Å². The highest BCUT2D eigenvalue weighted by molar-refractivity contribution is 7.14. The van der Waals surface area contributed by atoms with Gasteiger partial charge in [-0.05, 0) is 12.1 Å². The van der Waals surface area contributed by atoms with Gasteiger partial charge in [0.25, 0.3) is 0 Å². The molecule has 2 aromatic rings. The number of rotatable bonds is 3. The summed E-state index contributed by atoms with van der Waals surface area (Å²) in [5.41, 5.74) is 13.0. The van der Waals surface area contributed by atoms with Gasteiger partial charge in [-0.2, -0.15) is 0 Å². The number of nitrogens with zero attached hydrogens (tertiary/aromatic N) is 2. The summed E-state index contributed by atoms with van der Waals surface area (Å²) in [5, 5.41) is 12.3. The zero-order valence-electron chi connectivity index (χ0n) is 9.42. The van der Waals surface area contributed by atoms with Crippen LogP contribution in [0, 0.1) is 5.41 Å². The smallest absolute Gasteiger partial charge is 0.192 e. The minimum Gasteiger partial charge on any atom is -0.390 e. The molecule has 1 aromatic heterocycles. The van der Waals surface area contributed by atoms with Gasteiger partial charge in [-0.15, -0.1) is 11.3 Å². The second-order valence-electron chi connectivity index (χ2n) is 3.41. The van der Waals surface area contributed by atoms with E-state index < -0.39 is 0 Å². The number of guanidine groups is 1. The highest BCUT2D eigenvalue weighted by Gasteiger charge is 2.05. The summed E-state index contributed by atoms with van der Waals surface area (Å²) in [5.74, 6) is -0.127. The van der Waals surface area contributed by atoms with E-state index >= 15 is 0 Å². The molecular formula is C11H12N6S. The maximum absolute atomic E-state index is 7.13. The fourth-order valence-corrected chi connectivity index (χ4v) is 2.14. The summed E-state index contributed by atoms with van der Waals surface area (Å²) in [4.78, 5) is 8.33. The van der Waals surface area contributed by atoms with Crippen LogP contribution in [0.4, 0.5) is 10.8 Å². The third-order valence-electron chi connectivity index (χ3n) is 2.11. The zero-order chi connectivity index (χ0) is 13.0. The molecule has 0 spiro atoms. The molecule has 0 fully saturated rings. The Morgan fingerprint density at radius 1 is 1.50 bits per heavy atom. The van der Waals surface area contributed by atoms with E-state index in [4.69, 9.17) is 16.9 Å². The molecule has 0 aliphatic carbocycles. The maximum Gasteiger partial charge on any atom is 0.192 e. The number of nitrogens with one attached hydrogen (secondary N) is 2. The van der Waals surface area contributed by atoms with Crippen LogP contribution in [0.2, 0.25) is 0 Å². The zero-order valence-corrected chi connectivity index (χ0v) is 10.2. The van der Waals surface area contributed by atoms with Crippen LogP contribution in [0.5, 0.6) is 0 Å². The molecule has 1 heterocycles. The molecule has 0 radical (unpaired) electrons. The van der Waals surface area contributed by atoms with E-state index in [0.717, 1.165) is 16.9 Å². The normalized spacial score (nSPS) is 10.7. The van der Waals surface area contributed by atoms with Crippen LogP contribution in [0.3, 0.4) is 0 Å². The van der Waals surface area contributed by atoms with Crippen LogP contribution in [0.1, 0.15) is 0 Å². The highest BCUT2D eigenvalue weighted by Crippen LogP contribution is 2.27. The predicted molar refractivity (Wildman–Crippen MR) is 75.4 cm³/mol. The number of benzene rings is 1. The van der Waals surface area contributed by atoms with Gasteiger partial charge in [-0.3, -0.25) is 5.41 Å². The SMILES string of the molecule is N=C(N)Nc1nc(-c2cccc(N=CN)c2)cs1. The third kappa shape index (κ3) is 2.83. The maximum atomic E-state index is 7.13. The van der Waals surface area contributed by atoms with Crippen molar-refractivity contribution in [3.8, 4) is 11.3 Å². The second kappa shape index (κ2) is 5.28. The summed E-state index contributed by atoms with van der Waals surface area (Å²) in [6, 6.07) is 7.56. The van der Waals surface area contributed by atoms with Crippen molar-refractivity contribution in [2.45, 2.75) is 0 Å². The third-order valence-corrected chi connectivity index (χ3v) is 2.87. The van der Waals surface area contributed by atoms with E-state index in [1.165, 1.54) is 17.7 Å². The largest absolute Gasteiger partial charge is 0.390 e. The number of thiazole rings is 1. The van der Waals surface area contributed by atoms with Crippen molar-refractivity contribution in [1.29, 1.82) is 5.41 Å². The fourth-order valence-electron chi connectivity index (χ4n) is 1.41. The lowest BCUT2D eigenvalue weighted by molar-refractivity contribution is 1.35. The van der Waals surface area contributed by atoms with Gasteiger partial charge in [-0.1, -0.05) is 12.1 Å². The quantitative estimate of drug-likeness (QED) is 0.497. The summed E-state index contributed by atoms with van der Waals surface area (Å²) in [7, 11) is 0. The van der Waals surface area contributed by atoms with Gasteiger partial charge in [-0.25, -0.2) is 9.98 Å². The Morgan fingerprint density at radius 2 is 2.33 bits per heavy atom. The van der Waals surface area contributed by atoms with Crippen LogP contribution in [-0.4, -0.2) is 17.3 Å². The molecule has 7 heteroatoms. The number of aromatic nitrogens is 1. The van der Waals surface area contributed by atoms with Crippen molar-refractivity contribution < 1.29 is 0 Å². The molecule has 0 atom stereocenters. The minimum atomic E-state index is -0.127. The van der Waals surface area contributed by atoms with Gasteiger partial charge in [0.15, 0.2) is 11.1 Å². The molecule has 0 unspecified atom stereocenters. The Kier molecular flexibility index (Phi) is 3.54. The Bertz CT molecular complexity index is 589. The summed E-state index contributed by atoms with van der Waals surface area (Å²) in [6.45, 7) is 0. The van der Waals surface area contributed by atoms with Crippen molar-refractivity contribution in [1.82, 2.24) is 4.98 Å². The van der Waals surface area contributed by atoms with Crippen LogP contribution in [-0.2, 0) is 0 Å². The van der Waals surface area contributed by atoms with Gasteiger partial charge >= 0.3 is 0 Å². The topological polar surface area (TPSA) is 113 Å². The number of hydrogen-bond acceptors (Lipinski definition) is 4. The molecule has 0 amide bonds. The number of anilines is 1. The van der Waals surface area contributed by atoms with Gasteiger partial charge in [0.05, 0.1) is 17.7 Å². The molecule has 0 bridgehead atoms. The molecule has 0 aliphatic heterocycles. The van der Waals surface area contributed by atoms with Crippen molar-refractivity contribution in [3.63, 3.8) is 0 Å². The van der Waals surface area contributed by atoms with Crippen molar-refractivity contribution in [2.24, 2.45) is 16.5 Å². The lowest BCUT2D eigenvalue weighted by atomic mass is 10.1. The predicted octanol–water partition coefficient (Wildman–Crippen LogP) is 1.73. The first-order chi connectivity index (χ1) is 8.69. The first kappa shape index (κ1) is 12.1. The Labute approximate surface area is 108 Å². The first-order valence-corrected chi connectivity index (χ1v) is 5.98. The summed E-state index contributed by atoms with van der Waals surface area (Å²) >= 11 is 1.39. The van der Waals surface area contributed by atoms with Gasteiger partial charge < -0.3 is 16.8 Å². The Hall–Kier alpha value is -2.41. The van der Waals surface area contributed by atoms with Crippen LogP contribution in [0.15, 0.2) is 34.6 Å². The first-order valence-electron chi connectivity index (χ1n) is 5.10. The number of hydrogen-bond donors (Lipinski definition) is 4. The molecule has 1 aromatic carbocycles. The molecule has 0 aliphatic rings. The van der Waals surface area contributed by atoms with Crippen LogP contribution >= 0.6 is 11.3 Å². The Balaban J connectivity index is 2.28. The molecular weight excluding hydrogens is 248 g/mol. The second-order valence-corrected chi connectivity index (χ2v) is 4.26. The van der Waals surface area contributed by atoms with Gasteiger partial charge in [0, 0.05) is 10.9 Å². The van der Waals surface area contributed by atoms with Gasteiger partial charge in [0.1, 0.15) is 0 Å². The molecule has 0 saturated heterocycles. The van der Waals surface area contributed by atoms with E-state index in [9.17, 15) is 0 Å². The van der Waals surface area contributed by atoms with E-state index in [2.05, 4.69) is 15.3 Å². The molecule has 18 heavy (non-hydrogen) atoms. The lowest BCUT2D eigenvalue weighted by Gasteiger charge is -1.99. The average molecular weight is 260 g/mol. The van der Waals surface area contributed by atoms with E-state index in [-0.39, 0.29) is 5.96 Å². The highest BCUT2D eigenvalue weighted by atomic mass is 32.1. The van der Waals surface area contributed by atoms with E-state index in [1.807, 2.05) is 29.6 Å². The molecule has 6 nitrogen and oxygen atoms in total. The van der Waals surface area contributed by atoms with E-state index in [1.54, 1.807) is 0 Å². The van der Waals surface area contributed by atoms with E-state index in [0.29, 0.717) is 5.13 Å². The van der Waals surface area contributed by atoms with Crippen molar-refractivity contribution >= 4 is 34.5 Å². The average Bonchev–Trinajstić information content (AvgIpc) is 2.77. The Morgan fingerprint density at radius 3 is 3.06 bits per heavy atom. The number of nitrogens with two attached hydrogens (primary N) is 2. The van der Waals surface area contributed by atoms with Gasteiger partial charge in [0.2, 0.25) is 0 Å².